The summed E-state index contributed by atoms with van der Waals surface area (Å²) in [6.07, 6.45) is -0.349. The normalized spacial score (nSPS) is 23.8. The first-order valence-corrected chi connectivity index (χ1v) is 5.80. The van der Waals surface area contributed by atoms with E-state index in [-0.39, 0.29) is 11.8 Å². The summed E-state index contributed by atoms with van der Waals surface area (Å²) in [5, 5.41) is 8.17. The monoisotopic (exact) mass is 257 g/mol. The van der Waals surface area contributed by atoms with Gasteiger partial charge in [-0.1, -0.05) is 11.6 Å². The highest BCUT2D eigenvalue weighted by atomic mass is 35.5. The van der Waals surface area contributed by atoms with Crippen molar-refractivity contribution in [1.29, 1.82) is 0 Å². The van der Waals surface area contributed by atoms with E-state index in [1.807, 2.05) is 18.7 Å². The Morgan fingerprint density at radius 3 is 2.76 bits per heavy atom. The molecule has 0 aliphatic carbocycles. The van der Waals surface area contributed by atoms with Gasteiger partial charge in [-0.2, -0.15) is 0 Å². The molecular formula is C10H16ClN5O. The Morgan fingerprint density at radius 2 is 2.18 bits per heavy atom. The van der Waals surface area contributed by atoms with Crippen LogP contribution in [0.15, 0.2) is 0 Å². The van der Waals surface area contributed by atoms with Crippen molar-refractivity contribution in [3.63, 3.8) is 0 Å². The van der Waals surface area contributed by atoms with E-state index in [2.05, 4.69) is 15.2 Å². The van der Waals surface area contributed by atoms with Gasteiger partial charge in [0.05, 0.1) is 17.8 Å². The molecule has 0 unspecified atom stereocenters. The van der Waals surface area contributed by atoms with Crippen LogP contribution in [0.25, 0.3) is 0 Å². The second kappa shape index (κ2) is 4.36. The Bertz CT molecular complexity index is 425. The average Bonchev–Trinajstić information content (AvgIpc) is 2.19. The summed E-state index contributed by atoms with van der Waals surface area (Å²) in [5.41, 5.74) is 6.18. The molecule has 0 spiro atoms. The van der Waals surface area contributed by atoms with E-state index in [4.69, 9.17) is 22.1 Å². The zero-order valence-corrected chi connectivity index (χ0v) is 10.9. The van der Waals surface area contributed by atoms with E-state index in [1.54, 1.807) is 6.92 Å². The molecule has 1 aliphatic rings. The molecule has 17 heavy (non-hydrogen) atoms. The summed E-state index contributed by atoms with van der Waals surface area (Å²) in [5.74, 6) is 0.540. The number of morpholine rings is 1. The molecule has 0 saturated carbocycles. The molecule has 0 bridgehead atoms. The minimum atomic E-state index is -0.349. The molecule has 0 aromatic carbocycles. The van der Waals surface area contributed by atoms with Crippen LogP contribution in [0.4, 0.5) is 5.95 Å². The van der Waals surface area contributed by atoms with E-state index < -0.39 is 0 Å². The van der Waals surface area contributed by atoms with Crippen LogP contribution in [0.2, 0.25) is 5.15 Å². The summed E-state index contributed by atoms with van der Waals surface area (Å²) >= 11 is 5.80. The smallest absolute Gasteiger partial charge is 0.245 e. The second-order valence-electron chi connectivity index (χ2n) is 4.78. The third-order valence-corrected chi connectivity index (χ3v) is 2.87. The maximum atomic E-state index is 5.84. The van der Waals surface area contributed by atoms with Gasteiger partial charge in [0.15, 0.2) is 5.15 Å². The highest BCUT2D eigenvalue weighted by molar-refractivity contribution is 6.29. The lowest BCUT2D eigenvalue weighted by molar-refractivity contribution is -0.0807. The van der Waals surface area contributed by atoms with Gasteiger partial charge < -0.3 is 15.4 Å². The molecule has 1 aromatic heterocycles. The quantitative estimate of drug-likeness (QED) is 0.799. The number of halogens is 1. The van der Waals surface area contributed by atoms with E-state index >= 15 is 0 Å². The molecular weight excluding hydrogens is 242 g/mol. The highest BCUT2D eigenvalue weighted by Gasteiger charge is 2.33. The zero-order valence-electron chi connectivity index (χ0n) is 10.1. The lowest BCUT2D eigenvalue weighted by Gasteiger charge is -2.41. The van der Waals surface area contributed by atoms with Crippen molar-refractivity contribution in [1.82, 2.24) is 15.2 Å². The summed E-state index contributed by atoms with van der Waals surface area (Å²) in [7, 11) is 0. The lowest BCUT2D eigenvalue weighted by Crippen LogP contribution is -2.56. The summed E-state index contributed by atoms with van der Waals surface area (Å²) < 4.78 is 5.61. The number of rotatable bonds is 1. The van der Waals surface area contributed by atoms with Gasteiger partial charge in [-0.05, 0) is 20.8 Å². The molecule has 1 fully saturated rings. The second-order valence-corrected chi connectivity index (χ2v) is 5.14. The maximum absolute atomic E-state index is 5.84. The predicted octanol–water partition coefficient (Wildman–Crippen LogP) is 0.733. The maximum Gasteiger partial charge on any atom is 0.245 e. The Morgan fingerprint density at radius 1 is 1.47 bits per heavy atom. The fourth-order valence-corrected chi connectivity index (χ4v) is 1.97. The standard InChI is InChI=1S/C10H16ClN5O/c1-6-8(11)14-15-9(13-6)16-4-7(12)17-10(2,3)5-16/h7H,4-5,12H2,1-3H3/t7-/m1/s1. The largest absolute Gasteiger partial charge is 0.354 e. The lowest BCUT2D eigenvalue weighted by atomic mass is 10.1. The van der Waals surface area contributed by atoms with Gasteiger partial charge >= 0.3 is 0 Å². The number of aryl methyl sites for hydroxylation is 1. The van der Waals surface area contributed by atoms with E-state index in [0.717, 1.165) is 0 Å². The van der Waals surface area contributed by atoms with Crippen LogP contribution in [-0.4, -0.2) is 40.1 Å². The first-order chi connectivity index (χ1) is 7.87. The number of ether oxygens (including phenoxy) is 1. The number of hydrogen-bond donors (Lipinski definition) is 1. The van der Waals surface area contributed by atoms with Crippen molar-refractivity contribution in [2.45, 2.75) is 32.6 Å². The molecule has 2 heterocycles. The van der Waals surface area contributed by atoms with Crippen molar-refractivity contribution in [3.05, 3.63) is 10.8 Å². The fraction of sp³-hybridized carbons (Fsp3) is 0.700. The number of anilines is 1. The third kappa shape index (κ3) is 2.83. The molecule has 7 heteroatoms. The zero-order chi connectivity index (χ0) is 12.6. The molecule has 6 nitrogen and oxygen atoms in total. The molecule has 94 valence electrons. The molecule has 1 atom stereocenters. The van der Waals surface area contributed by atoms with E-state index in [9.17, 15) is 0 Å². The fourth-order valence-electron chi connectivity index (χ4n) is 1.89. The minimum Gasteiger partial charge on any atom is -0.354 e. The van der Waals surface area contributed by atoms with Gasteiger partial charge in [0.2, 0.25) is 5.95 Å². The van der Waals surface area contributed by atoms with Gasteiger partial charge in [-0.3, -0.25) is 0 Å². The molecule has 1 aliphatic heterocycles. The molecule has 2 rings (SSSR count). The Balaban J connectivity index is 2.24. The van der Waals surface area contributed by atoms with E-state index in [1.165, 1.54) is 0 Å². The Hall–Kier alpha value is -0.980. The molecule has 0 radical (unpaired) electrons. The Labute approximate surface area is 105 Å². The van der Waals surface area contributed by atoms with Crippen molar-refractivity contribution in [2.24, 2.45) is 5.73 Å². The number of nitrogens with two attached hydrogens (primary N) is 1. The molecule has 0 amide bonds. The molecule has 1 aromatic rings. The highest BCUT2D eigenvalue weighted by Crippen LogP contribution is 2.22. The Kier molecular flexibility index (Phi) is 3.20. The van der Waals surface area contributed by atoms with Crippen LogP contribution in [0, 0.1) is 6.92 Å². The average molecular weight is 258 g/mol. The third-order valence-electron chi connectivity index (χ3n) is 2.52. The number of aromatic nitrogens is 3. The van der Waals surface area contributed by atoms with Gasteiger partial charge in [0, 0.05) is 6.54 Å². The van der Waals surface area contributed by atoms with Crippen LogP contribution in [0.3, 0.4) is 0 Å². The van der Waals surface area contributed by atoms with Crippen molar-refractivity contribution >= 4 is 17.5 Å². The number of nitrogens with zero attached hydrogens (tertiary/aromatic N) is 4. The SMILES string of the molecule is Cc1nc(N2C[C@H](N)OC(C)(C)C2)nnc1Cl. The van der Waals surface area contributed by atoms with Crippen LogP contribution in [0.5, 0.6) is 0 Å². The van der Waals surface area contributed by atoms with Gasteiger partial charge in [-0.25, -0.2) is 4.98 Å². The van der Waals surface area contributed by atoms with Gasteiger partial charge in [0.25, 0.3) is 0 Å². The van der Waals surface area contributed by atoms with Crippen molar-refractivity contribution < 1.29 is 4.74 Å². The minimum absolute atomic E-state index is 0.325. The van der Waals surface area contributed by atoms with Gasteiger partial charge in [0.1, 0.15) is 6.23 Å². The van der Waals surface area contributed by atoms with Crippen LogP contribution in [0.1, 0.15) is 19.5 Å². The predicted molar refractivity (Wildman–Crippen MR) is 64.9 cm³/mol. The van der Waals surface area contributed by atoms with Crippen molar-refractivity contribution in [2.75, 3.05) is 18.0 Å². The first kappa shape index (κ1) is 12.5. The first-order valence-electron chi connectivity index (χ1n) is 5.42. The van der Waals surface area contributed by atoms with Crippen molar-refractivity contribution in [3.8, 4) is 0 Å². The van der Waals surface area contributed by atoms with E-state index in [0.29, 0.717) is 29.9 Å². The summed E-state index contributed by atoms with van der Waals surface area (Å²) in [4.78, 5) is 6.27. The number of hydrogen-bond acceptors (Lipinski definition) is 6. The molecule has 1 saturated heterocycles. The molecule has 2 N–H and O–H groups in total. The van der Waals surface area contributed by atoms with Crippen LogP contribution >= 0.6 is 11.6 Å². The summed E-state index contributed by atoms with van der Waals surface area (Å²) in [6, 6.07) is 0. The van der Waals surface area contributed by atoms with Crippen LogP contribution < -0.4 is 10.6 Å². The van der Waals surface area contributed by atoms with Gasteiger partial charge in [-0.15, -0.1) is 10.2 Å². The topological polar surface area (TPSA) is 77.2 Å². The summed E-state index contributed by atoms with van der Waals surface area (Å²) in [6.45, 7) is 6.98. The van der Waals surface area contributed by atoms with Crippen LogP contribution in [-0.2, 0) is 4.74 Å².